The Hall–Kier alpha value is -1.06. The molecule has 0 spiro atoms. The Labute approximate surface area is 103 Å². The fourth-order valence-electron chi connectivity index (χ4n) is 1.69. The quantitative estimate of drug-likeness (QED) is 0.474. The number of esters is 1. The Bertz CT molecular complexity index is 225. The minimum absolute atomic E-state index is 0.172. The first kappa shape index (κ1) is 15.9. The molecule has 0 aromatic heterocycles. The number of carbonyl (C=O) groups excluding carboxylic acids is 1. The van der Waals surface area contributed by atoms with Crippen LogP contribution in [0.5, 0.6) is 0 Å². The van der Waals surface area contributed by atoms with Gasteiger partial charge in [-0.1, -0.05) is 26.7 Å². The van der Waals surface area contributed by atoms with E-state index in [1.165, 1.54) is 0 Å². The van der Waals surface area contributed by atoms with Gasteiger partial charge < -0.3 is 9.84 Å². The molecule has 0 heterocycles. The molecular weight excluding hydrogens is 220 g/mol. The highest BCUT2D eigenvalue weighted by atomic mass is 16.5. The normalized spacial score (nSPS) is 12.1. The largest absolute Gasteiger partial charge is 0.481 e. The van der Waals surface area contributed by atoms with Gasteiger partial charge in [0, 0.05) is 6.42 Å². The smallest absolute Gasteiger partial charge is 0.306 e. The Balaban J connectivity index is 3.60. The second-order valence-corrected chi connectivity index (χ2v) is 4.29. The van der Waals surface area contributed by atoms with Gasteiger partial charge in [0.2, 0.25) is 0 Å². The molecule has 0 rings (SSSR count). The zero-order valence-electron chi connectivity index (χ0n) is 10.9. The van der Waals surface area contributed by atoms with Crippen LogP contribution in [0.15, 0.2) is 0 Å². The van der Waals surface area contributed by atoms with Gasteiger partial charge in [0.15, 0.2) is 0 Å². The highest BCUT2D eigenvalue weighted by Crippen LogP contribution is 2.16. The van der Waals surface area contributed by atoms with Crippen LogP contribution in [-0.4, -0.2) is 23.7 Å². The Morgan fingerprint density at radius 3 is 2.35 bits per heavy atom. The molecule has 0 saturated heterocycles. The standard InChI is InChI=1S/C13H24O4/c1-3-7-11(13(15)16)8-5-6-9-12(14)17-10-4-2/h11H,3-10H2,1-2H3,(H,15,16). The fraction of sp³-hybridized carbons (Fsp3) is 0.846. The number of carboxylic acids is 1. The van der Waals surface area contributed by atoms with E-state index in [1.807, 2.05) is 13.8 Å². The van der Waals surface area contributed by atoms with Gasteiger partial charge in [0.1, 0.15) is 0 Å². The molecule has 0 radical (unpaired) electrons. The number of unbranched alkanes of at least 4 members (excludes halogenated alkanes) is 1. The maximum Gasteiger partial charge on any atom is 0.306 e. The van der Waals surface area contributed by atoms with Crippen LogP contribution in [0.4, 0.5) is 0 Å². The third-order valence-corrected chi connectivity index (χ3v) is 2.64. The van der Waals surface area contributed by atoms with E-state index >= 15 is 0 Å². The van der Waals surface area contributed by atoms with Gasteiger partial charge in [-0.15, -0.1) is 0 Å². The predicted octanol–water partition coefficient (Wildman–Crippen LogP) is 3.00. The molecule has 4 nitrogen and oxygen atoms in total. The summed E-state index contributed by atoms with van der Waals surface area (Å²) < 4.78 is 4.94. The predicted molar refractivity (Wildman–Crippen MR) is 65.8 cm³/mol. The second-order valence-electron chi connectivity index (χ2n) is 4.29. The molecule has 0 aliphatic heterocycles. The summed E-state index contributed by atoms with van der Waals surface area (Å²) in [7, 11) is 0. The van der Waals surface area contributed by atoms with E-state index in [0.29, 0.717) is 19.4 Å². The van der Waals surface area contributed by atoms with Crippen molar-refractivity contribution in [3.8, 4) is 0 Å². The summed E-state index contributed by atoms with van der Waals surface area (Å²) in [6.45, 7) is 4.42. The van der Waals surface area contributed by atoms with Gasteiger partial charge in [0.25, 0.3) is 0 Å². The molecule has 1 N–H and O–H groups in total. The van der Waals surface area contributed by atoms with Gasteiger partial charge in [0.05, 0.1) is 12.5 Å². The van der Waals surface area contributed by atoms with E-state index in [2.05, 4.69) is 0 Å². The maximum absolute atomic E-state index is 11.2. The number of rotatable bonds is 10. The minimum atomic E-state index is -0.722. The van der Waals surface area contributed by atoms with Gasteiger partial charge in [-0.2, -0.15) is 0 Å². The highest BCUT2D eigenvalue weighted by molar-refractivity contribution is 5.70. The molecule has 4 heteroatoms. The van der Waals surface area contributed by atoms with Gasteiger partial charge in [-0.3, -0.25) is 9.59 Å². The van der Waals surface area contributed by atoms with Crippen molar-refractivity contribution in [2.24, 2.45) is 5.92 Å². The summed E-state index contributed by atoms with van der Waals surface area (Å²) in [5.41, 5.74) is 0. The van der Waals surface area contributed by atoms with Crippen molar-refractivity contribution in [3.63, 3.8) is 0 Å². The molecule has 0 amide bonds. The van der Waals surface area contributed by atoms with E-state index in [4.69, 9.17) is 9.84 Å². The zero-order valence-corrected chi connectivity index (χ0v) is 10.9. The summed E-state index contributed by atoms with van der Waals surface area (Å²) in [5, 5.41) is 8.94. The molecule has 100 valence electrons. The highest BCUT2D eigenvalue weighted by Gasteiger charge is 2.15. The number of carboxylic acid groups (broad SMARTS) is 1. The van der Waals surface area contributed by atoms with Crippen LogP contribution < -0.4 is 0 Å². The molecule has 1 unspecified atom stereocenters. The average Bonchev–Trinajstić information content (AvgIpc) is 2.30. The molecular formula is C13H24O4. The van der Waals surface area contributed by atoms with Crippen molar-refractivity contribution in [2.75, 3.05) is 6.61 Å². The first-order chi connectivity index (χ1) is 8.11. The molecule has 0 fully saturated rings. The van der Waals surface area contributed by atoms with Crippen LogP contribution in [0, 0.1) is 5.92 Å². The first-order valence-electron chi connectivity index (χ1n) is 6.50. The topological polar surface area (TPSA) is 63.6 Å². The Morgan fingerprint density at radius 1 is 1.12 bits per heavy atom. The lowest BCUT2D eigenvalue weighted by Crippen LogP contribution is -2.13. The molecule has 17 heavy (non-hydrogen) atoms. The van der Waals surface area contributed by atoms with Crippen molar-refractivity contribution in [2.45, 2.75) is 58.8 Å². The molecule has 0 aliphatic rings. The van der Waals surface area contributed by atoms with Crippen LogP contribution in [0.25, 0.3) is 0 Å². The SMILES string of the molecule is CCCOC(=O)CCCCC(CCC)C(=O)O. The van der Waals surface area contributed by atoms with Crippen LogP contribution in [0.2, 0.25) is 0 Å². The average molecular weight is 244 g/mol. The first-order valence-corrected chi connectivity index (χ1v) is 6.50. The number of aliphatic carboxylic acids is 1. The summed E-state index contributed by atoms with van der Waals surface area (Å²) in [4.78, 5) is 22.0. The molecule has 0 aliphatic carbocycles. The lowest BCUT2D eigenvalue weighted by molar-refractivity contribution is -0.143. The van der Waals surface area contributed by atoms with Crippen LogP contribution >= 0.6 is 0 Å². The van der Waals surface area contributed by atoms with Crippen LogP contribution in [-0.2, 0) is 14.3 Å². The Kier molecular flexibility index (Phi) is 9.49. The van der Waals surface area contributed by atoms with Gasteiger partial charge >= 0.3 is 11.9 Å². The van der Waals surface area contributed by atoms with E-state index in [9.17, 15) is 9.59 Å². The van der Waals surface area contributed by atoms with Crippen LogP contribution in [0.3, 0.4) is 0 Å². The third-order valence-electron chi connectivity index (χ3n) is 2.64. The van der Waals surface area contributed by atoms with E-state index < -0.39 is 5.97 Å². The van der Waals surface area contributed by atoms with Crippen molar-refractivity contribution in [3.05, 3.63) is 0 Å². The van der Waals surface area contributed by atoms with Gasteiger partial charge in [-0.25, -0.2) is 0 Å². The van der Waals surface area contributed by atoms with E-state index in [-0.39, 0.29) is 11.9 Å². The zero-order chi connectivity index (χ0) is 13.1. The van der Waals surface area contributed by atoms with Crippen molar-refractivity contribution >= 4 is 11.9 Å². The lowest BCUT2D eigenvalue weighted by Gasteiger charge is -2.10. The number of ether oxygens (including phenoxy) is 1. The van der Waals surface area contributed by atoms with Gasteiger partial charge in [-0.05, 0) is 25.7 Å². The number of carbonyl (C=O) groups is 2. The molecule has 0 saturated carbocycles. The summed E-state index contributed by atoms with van der Waals surface area (Å²) >= 11 is 0. The summed E-state index contributed by atoms with van der Waals surface area (Å²) in [6, 6.07) is 0. The van der Waals surface area contributed by atoms with Crippen LogP contribution in [0.1, 0.15) is 58.8 Å². The minimum Gasteiger partial charge on any atom is -0.481 e. The van der Waals surface area contributed by atoms with Crippen molar-refractivity contribution in [1.82, 2.24) is 0 Å². The van der Waals surface area contributed by atoms with E-state index in [0.717, 1.165) is 32.1 Å². The lowest BCUT2D eigenvalue weighted by atomic mass is 9.97. The third kappa shape index (κ3) is 8.72. The molecule has 0 aromatic rings. The number of hydrogen-bond donors (Lipinski definition) is 1. The maximum atomic E-state index is 11.2. The second kappa shape index (κ2) is 10.1. The monoisotopic (exact) mass is 244 g/mol. The fourth-order valence-corrected chi connectivity index (χ4v) is 1.69. The molecule has 0 bridgehead atoms. The Morgan fingerprint density at radius 2 is 1.82 bits per heavy atom. The number of hydrogen-bond acceptors (Lipinski definition) is 3. The summed E-state index contributed by atoms with van der Waals surface area (Å²) in [6.07, 6.45) is 4.99. The summed E-state index contributed by atoms with van der Waals surface area (Å²) in [5.74, 6) is -1.15. The van der Waals surface area contributed by atoms with E-state index in [1.54, 1.807) is 0 Å². The molecule has 0 aromatic carbocycles. The molecule has 1 atom stereocenters. The van der Waals surface area contributed by atoms with Crippen molar-refractivity contribution in [1.29, 1.82) is 0 Å². The van der Waals surface area contributed by atoms with Crippen molar-refractivity contribution < 1.29 is 19.4 Å².